The fourth-order valence-corrected chi connectivity index (χ4v) is 0.929. The van der Waals surface area contributed by atoms with E-state index in [9.17, 15) is 14.0 Å². The van der Waals surface area contributed by atoms with Crippen LogP contribution in [-0.2, 0) is 14.3 Å². The van der Waals surface area contributed by atoms with Crippen LogP contribution < -0.4 is 5.32 Å². The molecule has 0 heterocycles. The van der Waals surface area contributed by atoms with E-state index in [1.807, 2.05) is 0 Å². The molecule has 0 atom stereocenters. The number of halogens is 1. The molecule has 84 valence electrons. The van der Waals surface area contributed by atoms with Crippen LogP contribution in [0.1, 0.15) is 0 Å². The topological polar surface area (TPSA) is 55.4 Å². The second-order valence-electron chi connectivity index (χ2n) is 2.85. The quantitative estimate of drug-likeness (QED) is 0.624. The van der Waals surface area contributed by atoms with E-state index in [4.69, 9.17) is 0 Å². The highest BCUT2D eigenvalue weighted by atomic mass is 19.1. The molecule has 0 saturated heterocycles. The number of esters is 1. The zero-order valence-electron chi connectivity index (χ0n) is 8.57. The van der Waals surface area contributed by atoms with Gasteiger partial charge in [0.1, 0.15) is 5.82 Å². The van der Waals surface area contributed by atoms with Crippen molar-refractivity contribution in [1.29, 1.82) is 0 Å². The standard InChI is InChI=1S/C11H10FNO3/c1-16-11(15)7-6-10(14)13-9-4-2-8(12)3-5-9/h2-7H,1H3,(H,13,14)/b7-6-. The number of nitrogens with one attached hydrogen (secondary N) is 1. The third kappa shape index (κ3) is 3.91. The Balaban J connectivity index is 2.55. The average molecular weight is 223 g/mol. The monoisotopic (exact) mass is 223 g/mol. The van der Waals surface area contributed by atoms with Crippen LogP contribution in [0.4, 0.5) is 10.1 Å². The molecule has 0 aliphatic carbocycles. The molecule has 0 bridgehead atoms. The molecule has 0 radical (unpaired) electrons. The highest BCUT2D eigenvalue weighted by molar-refractivity contribution is 6.02. The van der Waals surface area contributed by atoms with Gasteiger partial charge in [0.2, 0.25) is 5.91 Å². The van der Waals surface area contributed by atoms with Crippen LogP contribution in [0.15, 0.2) is 36.4 Å². The third-order valence-corrected chi connectivity index (χ3v) is 1.68. The molecule has 1 amide bonds. The smallest absolute Gasteiger partial charge is 0.330 e. The van der Waals surface area contributed by atoms with Gasteiger partial charge >= 0.3 is 5.97 Å². The van der Waals surface area contributed by atoms with Crippen molar-refractivity contribution < 1.29 is 18.7 Å². The summed E-state index contributed by atoms with van der Waals surface area (Å²) in [4.78, 5) is 21.9. The summed E-state index contributed by atoms with van der Waals surface area (Å²) in [5.74, 6) is -1.49. The number of carbonyl (C=O) groups is 2. The maximum atomic E-state index is 12.5. The van der Waals surface area contributed by atoms with E-state index < -0.39 is 11.9 Å². The van der Waals surface area contributed by atoms with Gasteiger partial charge in [-0.15, -0.1) is 0 Å². The Kier molecular flexibility index (Phi) is 4.20. The number of anilines is 1. The minimum atomic E-state index is -0.616. The maximum absolute atomic E-state index is 12.5. The molecular weight excluding hydrogens is 213 g/mol. The van der Waals surface area contributed by atoms with Gasteiger partial charge in [-0.3, -0.25) is 4.79 Å². The summed E-state index contributed by atoms with van der Waals surface area (Å²) in [6.45, 7) is 0. The summed E-state index contributed by atoms with van der Waals surface area (Å²) in [6.07, 6.45) is 2.04. The summed E-state index contributed by atoms with van der Waals surface area (Å²) in [6, 6.07) is 5.28. The van der Waals surface area contributed by atoms with Crippen molar-refractivity contribution in [3.8, 4) is 0 Å². The van der Waals surface area contributed by atoms with Crippen molar-refractivity contribution in [3.63, 3.8) is 0 Å². The van der Waals surface area contributed by atoms with Crippen molar-refractivity contribution in [1.82, 2.24) is 0 Å². The van der Waals surface area contributed by atoms with E-state index in [0.717, 1.165) is 12.2 Å². The number of rotatable bonds is 3. The summed E-state index contributed by atoms with van der Waals surface area (Å²) in [5, 5.41) is 2.45. The Morgan fingerprint density at radius 3 is 2.44 bits per heavy atom. The van der Waals surface area contributed by atoms with Gasteiger partial charge in [0.15, 0.2) is 0 Å². The lowest BCUT2D eigenvalue weighted by atomic mass is 10.3. The van der Waals surface area contributed by atoms with Crippen LogP contribution in [-0.4, -0.2) is 19.0 Å². The first kappa shape index (κ1) is 11.9. The maximum Gasteiger partial charge on any atom is 0.330 e. The molecular formula is C11H10FNO3. The molecule has 1 aromatic carbocycles. The molecule has 0 saturated carbocycles. The van der Waals surface area contributed by atoms with Gasteiger partial charge in [-0.25, -0.2) is 9.18 Å². The minimum absolute atomic E-state index is 0.386. The highest BCUT2D eigenvalue weighted by Crippen LogP contribution is 2.07. The van der Waals surface area contributed by atoms with E-state index in [0.29, 0.717) is 5.69 Å². The fraction of sp³-hybridized carbons (Fsp3) is 0.0909. The van der Waals surface area contributed by atoms with Gasteiger partial charge < -0.3 is 10.1 Å². The van der Waals surface area contributed by atoms with Gasteiger partial charge in [0.05, 0.1) is 7.11 Å². The van der Waals surface area contributed by atoms with Crippen molar-refractivity contribution >= 4 is 17.6 Å². The van der Waals surface area contributed by atoms with Crippen LogP contribution >= 0.6 is 0 Å². The molecule has 0 spiro atoms. The van der Waals surface area contributed by atoms with E-state index >= 15 is 0 Å². The van der Waals surface area contributed by atoms with E-state index in [-0.39, 0.29) is 5.82 Å². The molecule has 0 aromatic heterocycles. The first-order chi connectivity index (χ1) is 7.61. The Morgan fingerprint density at radius 2 is 1.88 bits per heavy atom. The lowest BCUT2D eigenvalue weighted by molar-refractivity contribution is -0.135. The zero-order chi connectivity index (χ0) is 12.0. The second-order valence-corrected chi connectivity index (χ2v) is 2.85. The Bertz CT molecular complexity index is 412. The molecule has 1 rings (SSSR count). The van der Waals surface area contributed by atoms with Crippen LogP contribution in [0.3, 0.4) is 0 Å². The van der Waals surface area contributed by atoms with Gasteiger partial charge in [-0.2, -0.15) is 0 Å². The van der Waals surface area contributed by atoms with Crippen molar-refractivity contribution in [2.75, 3.05) is 12.4 Å². The van der Waals surface area contributed by atoms with Crippen LogP contribution in [0.2, 0.25) is 0 Å². The predicted molar refractivity (Wildman–Crippen MR) is 56.2 cm³/mol. The average Bonchev–Trinajstić information content (AvgIpc) is 2.29. The van der Waals surface area contributed by atoms with E-state index in [1.54, 1.807) is 0 Å². The molecule has 5 heteroatoms. The number of amides is 1. The first-order valence-electron chi connectivity index (χ1n) is 4.44. The number of ether oxygens (including phenoxy) is 1. The Morgan fingerprint density at radius 1 is 1.25 bits per heavy atom. The first-order valence-corrected chi connectivity index (χ1v) is 4.44. The molecule has 1 aromatic rings. The molecule has 0 fully saturated rings. The van der Waals surface area contributed by atoms with Gasteiger partial charge in [-0.05, 0) is 24.3 Å². The molecule has 0 aliphatic heterocycles. The number of hydrogen-bond donors (Lipinski definition) is 1. The van der Waals surface area contributed by atoms with Gasteiger partial charge in [0.25, 0.3) is 0 Å². The van der Waals surface area contributed by atoms with E-state index in [1.165, 1.54) is 31.4 Å². The molecule has 16 heavy (non-hydrogen) atoms. The molecule has 1 N–H and O–H groups in total. The predicted octanol–water partition coefficient (Wildman–Crippen LogP) is 1.49. The minimum Gasteiger partial charge on any atom is -0.466 e. The zero-order valence-corrected chi connectivity index (χ0v) is 8.57. The van der Waals surface area contributed by atoms with E-state index in [2.05, 4.69) is 10.1 Å². The Hall–Kier alpha value is -2.17. The fourth-order valence-electron chi connectivity index (χ4n) is 0.929. The SMILES string of the molecule is COC(=O)/C=C\C(=O)Nc1ccc(F)cc1. The summed E-state index contributed by atoms with van der Waals surface area (Å²) < 4.78 is 16.8. The highest BCUT2D eigenvalue weighted by Gasteiger charge is 1.99. The summed E-state index contributed by atoms with van der Waals surface area (Å²) in [7, 11) is 1.21. The number of hydrogen-bond acceptors (Lipinski definition) is 3. The van der Waals surface area contributed by atoms with Crippen LogP contribution in [0.25, 0.3) is 0 Å². The number of benzene rings is 1. The molecule has 0 unspecified atom stereocenters. The van der Waals surface area contributed by atoms with Crippen LogP contribution in [0, 0.1) is 5.82 Å². The number of methoxy groups -OCH3 is 1. The lowest BCUT2D eigenvalue weighted by Gasteiger charge is -2.00. The van der Waals surface area contributed by atoms with Crippen molar-refractivity contribution in [2.45, 2.75) is 0 Å². The Labute approximate surface area is 91.7 Å². The third-order valence-electron chi connectivity index (χ3n) is 1.68. The summed E-state index contributed by atoms with van der Waals surface area (Å²) >= 11 is 0. The summed E-state index contributed by atoms with van der Waals surface area (Å²) in [5.41, 5.74) is 0.445. The largest absolute Gasteiger partial charge is 0.466 e. The van der Waals surface area contributed by atoms with Crippen molar-refractivity contribution in [3.05, 3.63) is 42.2 Å². The lowest BCUT2D eigenvalue weighted by Crippen LogP contribution is -2.08. The molecule has 0 aliphatic rings. The van der Waals surface area contributed by atoms with Crippen LogP contribution in [0.5, 0.6) is 0 Å². The molecule has 4 nitrogen and oxygen atoms in total. The second kappa shape index (κ2) is 5.65. The van der Waals surface area contributed by atoms with Gasteiger partial charge in [-0.1, -0.05) is 0 Å². The number of carbonyl (C=O) groups excluding carboxylic acids is 2. The van der Waals surface area contributed by atoms with Crippen molar-refractivity contribution in [2.24, 2.45) is 0 Å². The van der Waals surface area contributed by atoms with Gasteiger partial charge in [0, 0.05) is 17.8 Å². The normalized spacial score (nSPS) is 10.1.